The van der Waals surface area contributed by atoms with E-state index in [4.69, 9.17) is 5.11 Å². The smallest absolute Gasteiger partial charge is 0.150 e. The van der Waals surface area contributed by atoms with Crippen LogP contribution in [-0.4, -0.2) is 11.4 Å². The van der Waals surface area contributed by atoms with Crippen molar-refractivity contribution < 1.29 is 9.90 Å². The van der Waals surface area contributed by atoms with Crippen molar-refractivity contribution in [1.82, 2.24) is 0 Å². The van der Waals surface area contributed by atoms with Crippen molar-refractivity contribution in [1.29, 1.82) is 0 Å². The Bertz CT molecular complexity index is 725. The Morgan fingerprint density at radius 1 is 1.03 bits per heavy atom. The average molecular weight is 427 g/mol. The highest BCUT2D eigenvalue weighted by atomic mass is 16.3. The van der Waals surface area contributed by atoms with Gasteiger partial charge in [0, 0.05) is 5.56 Å². The first-order valence-electron chi connectivity index (χ1n) is 11.7. The highest BCUT2D eigenvalue weighted by molar-refractivity contribution is 5.75. The lowest BCUT2D eigenvalue weighted by Gasteiger charge is -1.98. The Labute approximate surface area is 192 Å². The SMILES string of the molecule is C=C(C)c1cccc(O)c1.CC.CC1CCCC1.CCC.Cc1ccc(C=O)cc1C. The van der Waals surface area contributed by atoms with Crippen LogP contribution in [0.3, 0.4) is 0 Å². The van der Waals surface area contributed by atoms with Crippen LogP contribution in [0.5, 0.6) is 5.75 Å². The molecular weight excluding hydrogens is 380 g/mol. The van der Waals surface area contributed by atoms with Gasteiger partial charge in [0.2, 0.25) is 0 Å². The molecule has 0 heterocycles. The zero-order valence-corrected chi connectivity index (χ0v) is 21.3. The van der Waals surface area contributed by atoms with Crippen LogP contribution < -0.4 is 0 Å². The molecule has 2 aromatic rings. The summed E-state index contributed by atoms with van der Waals surface area (Å²) >= 11 is 0. The van der Waals surface area contributed by atoms with E-state index in [1.54, 1.807) is 18.2 Å². The topological polar surface area (TPSA) is 37.3 Å². The molecule has 0 saturated heterocycles. The molecule has 1 fully saturated rings. The Morgan fingerprint density at radius 2 is 1.58 bits per heavy atom. The molecule has 0 bridgehead atoms. The molecule has 1 saturated carbocycles. The van der Waals surface area contributed by atoms with E-state index in [2.05, 4.69) is 27.4 Å². The van der Waals surface area contributed by atoms with E-state index >= 15 is 0 Å². The number of aldehydes is 1. The standard InChI is InChI=1S/2C9H10O.C6H12.C3H8.C2H6/c1-7-3-4-9(6-10)5-8(7)2;1-7(2)8-4-3-5-9(10)6-8;1-6-4-2-3-5-6;1-3-2;1-2/h3-6H,1-2H3;3-6,10H,1H2,2H3;6H,2-5H2,1H3;3H2,1-2H3;1-2H3. The van der Waals surface area contributed by atoms with E-state index in [1.165, 1.54) is 43.2 Å². The van der Waals surface area contributed by atoms with Gasteiger partial charge >= 0.3 is 0 Å². The van der Waals surface area contributed by atoms with E-state index in [1.807, 2.05) is 58.9 Å². The number of benzene rings is 2. The number of phenolic OH excluding ortho intramolecular Hbond substituents is 1. The molecule has 2 heteroatoms. The van der Waals surface area contributed by atoms with Crippen LogP contribution in [0.15, 0.2) is 49.0 Å². The maximum Gasteiger partial charge on any atom is 0.150 e. The molecule has 0 spiro atoms. The zero-order chi connectivity index (χ0) is 24.2. The van der Waals surface area contributed by atoms with Gasteiger partial charge in [-0.25, -0.2) is 0 Å². The molecule has 0 unspecified atom stereocenters. The van der Waals surface area contributed by atoms with E-state index < -0.39 is 0 Å². The molecule has 0 aromatic heterocycles. The van der Waals surface area contributed by atoms with Crippen LogP contribution in [0.2, 0.25) is 0 Å². The maximum atomic E-state index is 10.3. The number of allylic oxidation sites excluding steroid dienone is 1. The van der Waals surface area contributed by atoms with E-state index in [9.17, 15) is 4.79 Å². The molecular formula is C29H46O2. The summed E-state index contributed by atoms with van der Waals surface area (Å²) in [5.74, 6) is 1.34. The molecule has 1 N–H and O–H groups in total. The van der Waals surface area contributed by atoms with Crippen LogP contribution >= 0.6 is 0 Å². The van der Waals surface area contributed by atoms with Gasteiger partial charge < -0.3 is 5.11 Å². The first-order chi connectivity index (χ1) is 14.7. The molecule has 0 aliphatic heterocycles. The third-order valence-electron chi connectivity index (χ3n) is 4.65. The molecule has 3 rings (SSSR count). The van der Waals surface area contributed by atoms with Crippen molar-refractivity contribution >= 4 is 11.9 Å². The summed E-state index contributed by atoms with van der Waals surface area (Å²) in [6.45, 7) is 20.3. The van der Waals surface area contributed by atoms with Gasteiger partial charge in [-0.2, -0.15) is 0 Å². The van der Waals surface area contributed by atoms with Crippen LogP contribution in [0.1, 0.15) is 101 Å². The lowest BCUT2D eigenvalue weighted by atomic mass is 10.1. The zero-order valence-electron chi connectivity index (χ0n) is 21.3. The predicted molar refractivity (Wildman–Crippen MR) is 139 cm³/mol. The van der Waals surface area contributed by atoms with Crippen molar-refractivity contribution in [2.45, 2.75) is 87.5 Å². The van der Waals surface area contributed by atoms with Crippen molar-refractivity contribution in [3.05, 3.63) is 71.3 Å². The Morgan fingerprint density at radius 3 is 1.90 bits per heavy atom. The van der Waals surface area contributed by atoms with Crippen LogP contribution in [0, 0.1) is 19.8 Å². The minimum Gasteiger partial charge on any atom is -0.508 e. The number of hydrogen-bond donors (Lipinski definition) is 1. The molecule has 0 atom stereocenters. The van der Waals surface area contributed by atoms with Gasteiger partial charge in [-0.05, 0) is 61.6 Å². The fourth-order valence-corrected chi connectivity index (χ4v) is 2.74. The number of carbonyl (C=O) groups excluding carboxylic acids is 1. The van der Waals surface area contributed by atoms with E-state index in [-0.39, 0.29) is 0 Å². The van der Waals surface area contributed by atoms with Crippen molar-refractivity contribution in [2.75, 3.05) is 0 Å². The van der Waals surface area contributed by atoms with Gasteiger partial charge in [0.05, 0.1) is 0 Å². The van der Waals surface area contributed by atoms with Gasteiger partial charge in [-0.15, -0.1) is 0 Å². The first kappa shape index (κ1) is 30.8. The Kier molecular flexibility index (Phi) is 19.5. The van der Waals surface area contributed by atoms with Gasteiger partial charge in [0.1, 0.15) is 12.0 Å². The van der Waals surface area contributed by atoms with Gasteiger partial charge in [-0.1, -0.05) is 103 Å². The predicted octanol–water partition coefficient (Wildman–Crippen LogP) is 9.18. The van der Waals surface area contributed by atoms with Crippen molar-refractivity contribution in [3.63, 3.8) is 0 Å². The second-order valence-electron chi connectivity index (χ2n) is 7.89. The summed E-state index contributed by atoms with van der Waals surface area (Å²) in [4.78, 5) is 10.3. The fraction of sp³-hybridized carbons (Fsp3) is 0.483. The van der Waals surface area contributed by atoms with Crippen LogP contribution in [0.4, 0.5) is 0 Å². The van der Waals surface area contributed by atoms with Gasteiger partial charge in [0.15, 0.2) is 0 Å². The molecule has 0 amide bonds. The molecule has 0 radical (unpaired) electrons. The quantitative estimate of drug-likeness (QED) is 0.486. The number of carbonyl (C=O) groups is 1. The molecule has 1 aliphatic rings. The lowest BCUT2D eigenvalue weighted by Crippen LogP contribution is -1.84. The van der Waals surface area contributed by atoms with E-state index in [0.29, 0.717) is 5.75 Å². The van der Waals surface area contributed by atoms with Gasteiger partial charge in [-0.3, -0.25) is 4.79 Å². The highest BCUT2D eigenvalue weighted by Crippen LogP contribution is 2.23. The largest absolute Gasteiger partial charge is 0.508 e. The average Bonchev–Trinajstić information content (AvgIpc) is 3.24. The van der Waals surface area contributed by atoms with E-state index in [0.717, 1.165) is 28.9 Å². The first-order valence-corrected chi connectivity index (χ1v) is 11.7. The molecule has 1 aliphatic carbocycles. The molecule has 2 aromatic carbocycles. The van der Waals surface area contributed by atoms with Crippen molar-refractivity contribution in [3.8, 4) is 5.75 Å². The second kappa shape index (κ2) is 19.6. The summed E-state index contributed by atoms with van der Waals surface area (Å²) < 4.78 is 0. The number of aryl methyl sites for hydroxylation is 2. The maximum absolute atomic E-state index is 10.3. The monoisotopic (exact) mass is 426 g/mol. The number of aromatic hydroxyl groups is 1. The summed E-state index contributed by atoms with van der Waals surface area (Å²) in [7, 11) is 0. The summed E-state index contributed by atoms with van der Waals surface area (Å²) in [5, 5.41) is 9.02. The van der Waals surface area contributed by atoms with Crippen LogP contribution in [-0.2, 0) is 0 Å². The second-order valence-corrected chi connectivity index (χ2v) is 7.89. The fourth-order valence-electron chi connectivity index (χ4n) is 2.74. The number of hydrogen-bond acceptors (Lipinski definition) is 2. The minimum absolute atomic E-state index is 0.292. The summed E-state index contributed by atoms with van der Waals surface area (Å²) in [6.07, 6.45) is 8.06. The summed E-state index contributed by atoms with van der Waals surface area (Å²) in [5.41, 5.74) is 5.11. The third-order valence-corrected chi connectivity index (χ3v) is 4.65. The van der Waals surface area contributed by atoms with Gasteiger partial charge in [0.25, 0.3) is 0 Å². The van der Waals surface area contributed by atoms with Crippen LogP contribution in [0.25, 0.3) is 5.57 Å². The lowest BCUT2D eigenvalue weighted by molar-refractivity contribution is 0.112. The number of phenols is 1. The molecule has 174 valence electrons. The summed E-state index contributed by atoms with van der Waals surface area (Å²) in [6, 6.07) is 12.7. The molecule has 31 heavy (non-hydrogen) atoms. The normalized spacial score (nSPS) is 11.7. The highest BCUT2D eigenvalue weighted by Gasteiger charge is 2.07. The Hall–Kier alpha value is -2.35. The number of rotatable bonds is 2. The minimum atomic E-state index is 0.292. The Balaban J connectivity index is 0. The molecule has 2 nitrogen and oxygen atoms in total. The van der Waals surface area contributed by atoms with Crippen molar-refractivity contribution in [2.24, 2.45) is 5.92 Å². The third kappa shape index (κ3) is 16.1.